The minimum absolute atomic E-state index is 0. The molecular formula is C26H38IN3O2. The molecule has 176 valence electrons. The maximum atomic E-state index is 5.95. The van der Waals surface area contributed by atoms with Crippen LogP contribution in [0.25, 0.3) is 0 Å². The predicted molar refractivity (Wildman–Crippen MR) is 143 cm³/mol. The summed E-state index contributed by atoms with van der Waals surface area (Å²) in [6, 6.07) is 21.5. The lowest BCUT2D eigenvalue weighted by molar-refractivity contribution is -0.0318. The van der Waals surface area contributed by atoms with Gasteiger partial charge in [-0.3, -0.25) is 4.99 Å². The first-order valence-corrected chi connectivity index (χ1v) is 11.7. The van der Waals surface area contributed by atoms with Gasteiger partial charge in [0, 0.05) is 45.4 Å². The monoisotopic (exact) mass is 551 g/mol. The number of halogens is 1. The van der Waals surface area contributed by atoms with E-state index in [0.717, 1.165) is 71.1 Å². The number of hydrogen-bond acceptors (Lipinski definition) is 3. The van der Waals surface area contributed by atoms with Crippen LogP contribution in [0.4, 0.5) is 0 Å². The molecule has 2 N–H and O–H groups in total. The number of ether oxygens (including phenoxy) is 2. The molecule has 0 aliphatic carbocycles. The molecule has 5 nitrogen and oxygen atoms in total. The fourth-order valence-corrected chi connectivity index (χ4v) is 3.92. The van der Waals surface area contributed by atoms with E-state index in [9.17, 15) is 0 Å². The van der Waals surface area contributed by atoms with E-state index in [0.29, 0.717) is 12.0 Å². The van der Waals surface area contributed by atoms with Gasteiger partial charge >= 0.3 is 0 Å². The Hall–Kier alpha value is -1.64. The Kier molecular flexibility index (Phi) is 13.3. The molecule has 0 bridgehead atoms. The minimum atomic E-state index is 0. The summed E-state index contributed by atoms with van der Waals surface area (Å²) in [6.07, 6.45) is 4.32. The summed E-state index contributed by atoms with van der Waals surface area (Å²) in [5.74, 6) is 1.25. The summed E-state index contributed by atoms with van der Waals surface area (Å²) in [5, 5.41) is 6.87. The average molecular weight is 552 g/mol. The molecule has 3 rings (SSSR count). The Morgan fingerprint density at radius 2 is 1.62 bits per heavy atom. The van der Waals surface area contributed by atoms with Gasteiger partial charge in [-0.1, -0.05) is 60.7 Å². The standard InChI is InChI=1S/C26H37N3O2.HI/c1-2-27-26(28-17-9-19-31-24-15-20-30-21-16-24)29-18-14-25(22-10-5-3-6-11-22)23-12-7-4-8-13-23;/h3-8,10-13,24-25H,2,9,14-21H2,1H3,(H2,27,28,29);1H. The van der Waals surface area contributed by atoms with Crippen molar-refractivity contribution in [2.45, 2.75) is 44.6 Å². The predicted octanol–water partition coefficient (Wildman–Crippen LogP) is 4.97. The molecule has 1 aliphatic heterocycles. The molecule has 0 saturated carbocycles. The van der Waals surface area contributed by atoms with Crippen molar-refractivity contribution in [2.75, 3.05) is 39.5 Å². The number of hydrogen-bond donors (Lipinski definition) is 2. The van der Waals surface area contributed by atoms with Crippen LogP contribution in [-0.4, -0.2) is 51.5 Å². The van der Waals surface area contributed by atoms with E-state index in [2.05, 4.69) is 78.2 Å². The molecule has 2 aromatic rings. The highest BCUT2D eigenvalue weighted by Gasteiger charge is 2.14. The quantitative estimate of drug-likeness (QED) is 0.179. The topological polar surface area (TPSA) is 54.9 Å². The lowest BCUT2D eigenvalue weighted by Gasteiger charge is -2.22. The van der Waals surface area contributed by atoms with Gasteiger partial charge in [-0.15, -0.1) is 24.0 Å². The molecule has 2 aromatic carbocycles. The Morgan fingerprint density at radius 3 is 2.22 bits per heavy atom. The molecule has 1 saturated heterocycles. The molecular weight excluding hydrogens is 513 g/mol. The van der Waals surface area contributed by atoms with Gasteiger partial charge in [-0.05, 0) is 43.7 Å². The van der Waals surface area contributed by atoms with Crippen LogP contribution < -0.4 is 10.6 Å². The van der Waals surface area contributed by atoms with Crippen LogP contribution >= 0.6 is 24.0 Å². The van der Waals surface area contributed by atoms with E-state index in [4.69, 9.17) is 14.5 Å². The molecule has 1 aliphatic rings. The first-order chi connectivity index (χ1) is 15.4. The maximum Gasteiger partial charge on any atom is 0.191 e. The molecule has 0 atom stereocenters. The first kappa shape index (κ1) is 26.6. The van der Waals surface area contributed by atoms with Crippen molar-refractivity contribution in [1.29, 1.82) is 0 Å². The van der Waals surface area contributed by atoms with E-state index in [1.165, 1.54) is 11.1 Å². The zero-order valence-electron chi connectivity index (χ0n) is 19.2. The van der Waals surface area contributed by atoms with Gasteiger partial charge in [0.05, 0.1) is 6.10 Å². The lowest BCUT2D eigenvalue weighted by Crippen LogP contribution is -2.38. The van der Waals surface area contributed by atoms with Crippen molar-refractivity contribution >= 4 is 29.9 Å². The van der Waals surface area contributed by atoms with Crippen LogP contribution in [0.1, 0.15) is 49.7 Å². The molecule has 32 heavy (non-hydrogen) atoms. The molecule has 6 heteroatoms. The Balaban J connectivity index is 0.00000363. The van der Waals surface area contributed by atoms with Gasteiger partial charge in [-0.2, -0.15) is 0 Å². The highest BCUT2D eigenvalue weighted by molar-refractivity contribution is 14.0. The third-order valence-corrected chi connectivity index (χ3v) is 5.57. The second kappa shape index (κ2) is 16.0. The summed E-state index contributed by atoms with van der Waals surface area (Å²) < 4.78 is 11.3. The van der Waals surface area contributed by atoms with Crippen LogP contribution in [0.2, 0.25) is 0 Å². The lowest BCUT2D eigenvalue weighted by atomic mass is 9.88. The van der Waals surface area contributed by atoms with Crippen LogP contribution in [0.5, 0.6) is 0 Å². The number of nitrogens with one attached hydrogen (secondary N) is 2. The van der Waals surface area contributed by atoms with Crippen LogP contribution in [0, 0.1) is 0 Å². The normalized spacial score (nSPS) is 14.8. The largest absolute Gasteiger partial charge is 0.381 e. The van der Waals surface area contributed by atoms with Crippen molar-refractivity contribution in [1.82, 2.24) is 10.6 Å². The summed E-state index contributed by atoms with van der Waals surface area (Å²) in [7, 11) is 0. The van der Waals surface area contributed by atoms with Crippen molar-refractivity contribution in [3.8, 4) is 0 Å². The van der Waals surface area contributed by atoms with E-state index in [1.807, 2.05) is 0 Å². The molecule has 0 aromatic heterocycles. The highest BCUT2D eigenvalue weighted by atomic mass is 127. The maximum absolute atomic E-state index is 5.95. The van der Waals surface area contributed by atoms with Gasteiger partial charge < -0.3 is 20.1 Å². The van der Waals surface area contributed by atoms with Gasteiger partial charge in [0.1, 0.15) is 0 Å². The van der Waals surface area contributed by atoms with Crippen molar-refractivity contribution < 1.29 is 9.47 Å². The zero-order chi connectivity index (χ0) is 21.6. The molecule has 0 spiro atoms. The van der Waals surface area contributed by atoms with Crippen LogP contribution in [0.3, 0.4) is 0 Å². The Bertz CT molecular complexity index is 713. The summed E-state index contributed by atoms with van der Waals surface area (Å²) in [5.41, 5.74) is 2.70. The van der Waals surface area contributed by atoms with Crippen molar-refractivity contribution in [3.63, 3.8) is 0 Å². The minimum Gasteiger partial charge on any atom is -0.381 e. The van der Waals surface area contributed by atoms with Crippen LogP contribution in [0.15, 0.2) is 65.7 Å². The van der Waals surface area contributed by atoms with E-state index in [1.54, 1.807) is 0 Å². The third-order valence-electron chi connectivity index (χ3n) is 5.57. The number of benzene rings is 2. The van der Waals surface area contributed by atoms with Gasteiger partial charge in [0.2, 0.25) is 0 Å². The molecule has 1 fully saturated rings. The third kappa shape index (κ3) is 9.46. The summed E-state index contributed by atoms with van der Waals surface area (Å²) >= 11 is 0. The number of guanidine groups is 1. The van der Waals surface area contributed by atoms with Crippen molar-refractivity contribution in [2.24, 2.45) is 4.99 Å². The summed E-state index contributed by atoms with van der Waals surface area (Å²) in [4.78, 5) is 4.73. The van der Waals surface area contributed by atoms with E-state index in [-0.39, 0.29) is 24.0 Å². The van der Waals surface area contributed by atoms with Crippen molar-refractivity contribution in [3.05, 3.63) is 71.8 Å². The fourth-order valence-electron chi connectivity index (χ4n) is 3.92. The second-order valence-electron chi connectivity index (χ2n) is 7.89. The van der Waals surface area contributed by atoms with E-state index >= 15 is 0 Å². The Labute approximate surface area is 210 Å². The van der Waals surface area contributed by atoms with Gasteiger partial charge in [0.15, 0.2) is 5.96 Å². The molecule has 0 amide bonds. The SMILES string of the molecule is CCNC(=NCCCOC1CCOCC1)NCCC(c1ccccc1)c1ccccc1.I. The highest BCUT2D eigenvalue weighted by Crippen LogP contribution is 2.27. The number of rotatable bonds is 11. The average Bonchev–Trinajstić information content (AvgIpc) is 2.83. The molecule has 0 unspecified atom stereocenters. The van der Waals surface area contributed by atoms with Gasteiger partial charge in [-0.25, -0.2) is 0 Å². The smallest absolute Gasteiger partial charge is 0.191 e. The van der Waals surface area contributed by atoms with Gasteiger partial charge in [0.25, 0.3) is 0 Å². The number of aliphatic imine (C=N–C) groups is 1. The van der Waals surface area contributed by atoms with Crippen LogP contribution in [-0.2, 0) is 9.47 Å². The molecule has 1 heterocycles. The molecule has 0 radical (unpaired) electrons. The second-order valence-corrected chi connectivity index (χ2v) is 7.89. The summed E-state index contributed by atoms with van der Waals surface area (Å²) in [6.45, 7) is 6.98. The van der Waals surface area contributed by atoms with E-state index < -0.39 is 0 Å². The number of nitrogens with zero attached hydrogens (tertiary/aromatic N) is 1. The first-order valence-electron chi connectivity index (χ1n) is 11.7. The zero-order valence-corrected chi connectivity index (χ0v) is 21.5. The fraction of sp³-hybridized carbons (Fsp3) is 0.500. The Morgan fingerprint density at radius 1 is 1.00 bits per heavy atom.